The van der Waals surface area contributed by atoms with E-state index in [9.17, 15) is 0 Å². The number of nitrogens with zero attached hydrogens (tertiary/aromatic N) is 1. The van der Waals surface area contributed by atoms with Gasteiger partial charge >= 0.3 is 0 Å². The number of rotatable bonds is 3. The lowest BCUT2D eigenvalue weighted by atomic mass is 10.1. The predicted molar refractivity (Wildman–Crippen MR) is 103 cm³/mol. The van der Waals surface area contributed by atoms with E-state index in [4.69, 9.17) is 23.7 Å². The van der Waals surface area contributed by atoms with Crippen molar-refractivity contribution < 1.29 is 23.7 Å². The maximum Gasteiger partial charge on any atom is 0.145 e. The second-order valence-corrected chi connectivity index (χ2v) is 6.90. The van der Waals surface area contributed by atoms with E-state index in [0.717, 1.165) is 29.5 Å². The lowest BCUT2D eigenvalue weighted by Gasteiger charge is -2.30. The molecule has 0 saturated carbocycles. The van der Waals surface area contributed by atoms with Crippen molar-refractivity contribution in [1.29, 1.82) is 0 Å². The molecule has 1 saturated heterocycles. The molecule has 6 nitrogen and oxygen atoms in total. The fraction of sp³-hybridized carbons (Fsp3) is 0.571. The Bertz CT molecular complexity index is 674. The average molecular weight is 375 g/mol. The van der Waals surface area contributed by atoms with Gasteiger partial charge in [-0.25, -0.2) is 0 Å². The van der Waals surface area contributed by atoms with E-state index in [-0.39, 0.29) is 0 Å². The normalized spacial score (nSPS) is 23.6. The maximum absolute atomic E-state index is 6.13. The largest absolute Gasteiger partial charge is 0.488 e. The van der Waals surface area contributed by atoms with Gasteiger partial charge in [0.15, 0.2) is 0 Å². The van der Waals surface area contributed by atoms with Crippen molar-refractivity contribution in [2.75, 3.05) is 52.9 Å². The van der Waals surface area contributed by atoms with Gasteiger partial charge in [0.2, 0.25) is 0 Å². The number of aromatic nitrogens is 1. The van der Waals surface area contributed by atoms with Crippen LogP contribution in [0.1, 0.15) is 19.8 Å². The van der Waals surface area contributed by atoms with E-state index in [1.807, 2.05) is 37.3 Å². The monoisotopic (exact) mass is 375 g/mol. The number of fused-ring (bicyclic) bond motifs is 1. The summed E-state index contributed by atoms with van der Waals surface area (Å²) in [6.07, 6.45) is 3.45. The van der Waals surface area contributed by atoms with Crippen molar-refractivity contribution in [3.8, 4) is 5.75 Å². The molecule has 0 N–H and O–H groups in total. The van der Waals surface area contributed by atoms with Crippen LogP contribution in [0.15, 0.2) is 36.5 Å². The van der Waals surface area contributed by atoms with E-state index in [1.165, 1.54) is 0 Å². The molecule has 2 aromatic rings. The minimum absolute atomic E-state index is 0.389. The van der Waals surface area contributed by atoms with Crippen LogP contribution in [0.3, 0.4) is 0 Å². The number of benzene rings is 1. The highest BCUT2D eigenvalue weighted by Gasteiger charge is 2.27. The van der Waals surface area contributed by atoms with Gasteiger partial charge in [-0.1, -0.05) is 18.2 Å². The van der Waals surface area contributed by atoms with Gasteiger partial charge in [0.25, 0.3) is 0 Å². The summed E-state index contributed by atoms with van der Waals surface area (Å²) in [5.74, 6) is 0.758. The lowest BCUT2D eigenvalue weighted by Crippen LogP contribution is -2.41. The van der Waals surface area contributed by atoms with Crippen molar-refractivity contribution in [3.63, 3.8) is 0 Å². The van der Waals surface area contributed by atoms with Crippen LogP contribution < -0.4 is 4.74 Å². The van der Waals surface area contributed by atoms with Crippen LogP contribution in [0.2, 0.25) is 0 Å². The molecular weight excluding hydrogens is 346 g/mol. The molecule has 6 heteroatoms. The zero-order chi connectivity index (χ0) is 18.8. The van der Waals surface area contributed by atoms with Gasteiger partial charge in [-0.2, -0.15) is 0 Å². The standard InChI is InChI=1S/C21H29NO5/c1-21(16-25-12-4-10-23-14-15-24-11-5-13-27-21)17-26-19-8-2-6-18-7-3-9-22-20(18)19/h2-3,6-9H,4-5,10-17H2,1H3. The van der Waals surface area contributed by atoms with Crippen LogP contribution in [-0.4, -0.2) is 63.4 Å². The molecular formula is C21H29NO5. The summed E-state index contributed by atoms with van der Waals surface area (Å²) in [6, 6.07) is 9.89. The second kappa shape index (κ2) is 10.6. The van der Waals surface area contributed by atoms with Crippen molar-refractivity contribution >= 4 is 10.9 Å². The molecule has 0 radical (unpaired) electrons. The van der Waals surface area contributed by atoms with Crippen molar-refractivity contribution in [3.05, 3.63) is 36.5 Å². The molecule has 1 aromatic carbocycles. The average Bonchev–Trinajstić information content (AvgIpc) is 2.70. The summed E-state index contributed by atoms with van der Waals surface area (Å²) in [7, 11) is 0. The van der Waals surface area contributed by atoms with Crippen LogP contribution in [0.5, 0.6) is 5.75 Å². The van der Waals surface area contributed by atoms with Gasteiger partial charge < -0.3 is 23.7 Å². The first kappa shape index (κ1) is 20.0. The molecule has 1 aliphatic heterocycles. The van der Waals surface area contributed by atoms with Crippen LogP contribution in [0.4, 0.5) is 0 Å². The van der Waals surface area contributed by atoms with Crippen molar-refractivity contribution in [1.82, 2.24) is 4.98 Å². The minimum Gasteiger partial charge on any atom is -0.488 e. The summed E-state index contributed by atoms with van der Waals surface area (Å²) in [4.78, 5) is 4.44. The molecule has 0 bridgehead atoms. The molecule has 148 valence electrons. The van der Waals surface area contributed by atoms with E-state index in [2.05, 4.69) is 4.98 Å². The Morgan fingerprint density at radius 1 is 0.926 bits per heavy atom. The van der Waals surface area contributed by atoms with Gasteiger partial charge in [0.1, 0.15) is 23.5 Å². The molecule has 1 atom stereocenters. The Labute approximate surface area is 160 Å². The molecule has 1 aromatic heterocycles. The van der Waals surface area contributed by atoms with Crippen LogP contribution >= 0.6 is 0 Å². The van der Waals surface area contributed by atoms with Gasteiger partial charge in [0, 0.05) is 38.0 Å². The summed E-state index contributed by atoms with van der Waals surface area (Å²) < 4.78 is 29.1. The quantitative estimate of drug-likeness (QED) is 0.821. The molecule has 0 aliphatic carbocycles. The second-order valence-electron chi connectivity index (χ2n) is 6.90. The third kappa shape index (κ3) is 6.43. The highest BCUT2D eigenvalue weighted by Crippen LogP contribution is 2.24. The topological polar surface area (TPSA) is 59.0 Å². The number of hydrogen-bond acceptors (Lipinski definition) is 6. The summed E-state index contributed by atoms with van der Waals surface area (Å²) in [6.45, 7) is 6.70. The smallest absolute Gasteiger partial charge is 0.145 e. The maximum atomic E-state index is 6.13. The highest BCUT2D eigenvalue weighted by molar-refractivity contribution is 5.84. The lowest BCUT2D eigenvalue weighted by molar-refractivity contribution is -0.113. The molecule has 3 rings (SSSR count). The van der Waals surface area contributed by atoms with Crippen molar-refractivity contribution in [2.45, 2.75) is 25.4 Å². The van der Waals surface area contributed by atoms with Gasteiger partial charge in [0.05, 0.1) is 19.8 Å². The van der Waals surface area contributed by atoms with E-state index in [1.54, 1.807) is 6.20 Å². The van der Waals surface area contributed by atoms with Gasteiger partial charge in [-0.15, -0.1) is 0 Å². The molecule has 27 heavy (non-hydrogen) atoms. The predicted octanol–water partition coefficient (Wildman–Crippen LogP) is 3.23. The summed E-state index contributed by atoms with van der Waals surface area (Å²) in [5, 5.41) is 1.06. The van der Waals surface area contributed by atoms with E-state index < -0.39 is 5.60 Å². The zero-order valence-electron chi connectivity index (χ0n) is 16.0. The summed E-state index contributed by atoms with van der Waals surface area (Å²) in [5.41, 5.74) is 0.318. The summed E-state index contributed by atoms with van der Waals surface area (Å²) >= 11 is 0. The molecule has 1 unspecified atom stereocenters. The number of ether oxygens (including phenoxy) is 5. The third-order valence-electron chi connectivity index (χ3n) is 4.37. The Balaban J connectivity index is 1.61. The van der Waals surface area contributed by atoms with E-state index >= 15 is 0 Å². The van der Waals surface area contributed by atoms with Gasteiger partial charge in [-0.05, 0) is 31.9 Å². The number of para-hydroxylation sites is 1. The Morgan fingerprint density at radius 3 is 2.52 bits per heavy atom. The fourth-order valence-electron chi connectivity index (χ4n) is 2.90. The van der Waals surface area contributed by atoms with Crippen LogP contribution in [-0.2, 0) is 18.9 Å². The molecule has 0 amide bonds. The molecule has 0 spiro atoms. The van der Waals surface area contributed by atoms with Crippen LogP contribution in [0, 0.1) is 0 Å². The Hall–Kier alpha value is -1.73. The van der Waals surface area contributed by atoms with Crippen molar-refractivity contribution in [2.24, 2.45) is 0 Å². The molecule has 1 fully saturated rings. The third-order valence-corrected chi connectivity index (χ3v) is 4.37. The number of pyridine rings is 1. The zero-order valence-corrected chi connectivity index (χ0v) is 16.0. The first-order valence-electron chi connectivity index (χ1n) is 9.61. The van der Waals surface area contributed by atoms with Crippen LogP contribution in [0.25, 0.3) is 10.9 Å². The van der Waals surface area contributed by atoms with Gasteiger partial charge in [-0.3, -0.25) is 4.98 Å². The Kier molecular flexibility index (Phi) is 7.83. The fourth-order valence-corrected chi connectivity index (χ4v) is 2.90. The highest BCUT2D eigenvalue weighted by atomic mass is 16.6. The first-order chi connectivity index (χ1) is 13.3. The number of hydrogen-bond donors (Lipinski definition) is 0. The Morgan fingerprint density at radius 2 is 1.67 bits per heavy atom. The first-order valence-corrected chi connectivity index (χ1v) is 9.61. The van der Waals surface area contributed by atoms with E-state index in [0.29, 0.717) is 52.9 Å². The molecule has 1 aliphatic rings. The molecule has 2 heterocycles. The SMILES string of the molecule is CC1(COc2cccc3cccnc23)COCCCOCCOCCCO1. The minimum atomic E-state index is -0.540.